The van der Waals surface area contributed by atoms with Gasteiger partial charge in [-0.05, 0) is 54.8 Å². The Balaban J connectivity index is 1.33. The van der Waals surface area contributed by atoms with Crippen molar-refractivity contribution in [2.75, 3.05) is 17.2 Å². The Morgan fingerprint density at radius 1 is 1.00 bits per heavy atom. The van der Waals surface area contributed by atoms with Gasteiger partial charge in [-0.25, -0.2) is 0 Å². The predicted molar refractivity (Wildman–Crippen MR) is 145 cm³/mol. The summed E-state index contributed by atoms with van der Waals surface area (Å²) in [5.74, 6) is -1.82. The summed E-state index contributed by atoms with van der Waals surface area (Å²) >= 11 is 1.62. The highest BCUT2D eigenvalue weighted by atomic mass is 32.2. The van der Waals surface area contributed by atoms with Gasteiger partial charge in [0.05, 0.1) is 29.2 Å². The van der Waals surface area contributed by atoms with Crippen molar-refractivity contribution in [2.45, 2.75) is 41.8 Å². The zero-order chi connectivity index (χ0) is 25.7. The van der Waals surface area contributed by atoms with Crippen molar-refractivity contribution in [3.63, 3.8) is 0 Å². The fourth-order valence-electron chi connectivity index (χ4n) is 6.48. The summed E-state index contributed by atoms with van der Waals surface area (Å²) in [6, 6.07) is 21.6. The number of amides is 3. The maximum Gasteiger partial charge on any atom is 0.248 e. The third-order valence-corrected chi connectivity index (χ3v) is 10.0. The number of hydrogen-bond donors (Lipinski definition) is 3. The van der Waals surface area contributed by atoms with Gasteiger partial charge in [-0.15, -0.1) is 11.8 Å². The molecule has 190 valence electrons. The van der Waals surface area contributed by atoms with Crippen LogP contribution in [0, 0.1) is 11.8 Å². The lowest BCUT2D eigenvalue weighted by Gasteiger charge is -2.36. The zero-order valence-electron chi connectivity index (χ0n) is 20.5. The van der Waals surface area contributed by atoms with E-state index < -0.39 is 28.7 Å². The van der Waals surface area contributed by atoms with Crippen molar-refractivity contribution in [1.82, 2.24) is 4.90 Å². The summed E-state index contributed by atoms with van der Waals surface area (Å²) < 4.78 is -0.704. The van der Waals surface area contributed by atoms with Crippen molar-refractivity contribution in [2.24, 2.45) is 11.8 Å². The van der Waals surface area contributed by atoms with E-state index in [9.17, 15) is 19.5 Å². The molecule has 6 rings (SSSR count). The van der Waals surface area contributed by atoms with E-state index in [1.54, 1.807) is 23.6 Å². The molecule has 37 heavy (non-hydrogen) atoms. The molecule has 8 heteroatoms. The first kappa shape index (κ1) is 24.0. The van der Waals surface area contributed by atoms with Crippen LogP contribution in [-0.2, 0) is 14.4 Å². The predicted octanol–water partition coefficient (Wildman–Crippen LogP) is 3.89. The summed E-state index contributed by atoms with van der Waals surface area (Å²) in [5.41, 5.74) is 1.34. The van der Waals surface area contributed by atoms with Gasteiger partial charge in [0.1, 0.15) is 6.04 Å². The standard InChI is InChI=1S/C29H29N3O4S/c1-17(16-33)32-25(27(35)31-21-12-11-18-7-5-6-8-19(18)15-21)29-14-13-22(37-29)23(24(29)28(32)36)26(34)30-20-9-3-2-4-10-20/h2-12,15,17,22-25,33H,13-14,16H2,1H3,(H,30,34)(H,31,35)/t17-,22-,23+,24+,25?,29?/m1/s1. The van der Waals surface area contributed by atoms with Crippen molar-refractivity contribution < 1.29 is 19.5 Å². The van der Waals surface area contributed by atoms with Gasteiger partial charge in [-0.1, -0.05) is 48.5 Å². The van der Waals surface area contributed by atoms with Gasteiger partial charge in [-0.3, -0.25) is 14.4 Å². The van der Waals surface area contributed by atoms with E-state index in [0.29, 0.717) is 17.8 Å². The Morgan fingerprint density at radius 2 is 1.70 bits per heavy atom. The van der Waals surface area contributed by atoms with Gasteiger partial charge < -0.3 is 20.6 Å². The maximum absolute atomic E-state index is 13.9. The minimum Gasteiger partial charge on any atom is -0.394 e. The summed E-state index contributed by atoms with van der Waals surface area (Å²) in [6.45, 7) is 1.49. The lowest BCUT2D eigenvalue weighted by atomic mass is 9.70. The smallest absolute Gasteiger partial charge is 0.248 e. The van der Waals surface area contributed by atoms with Crippen molar-refractivity contribution in [3.05, 3.63) is 72.8 Å². The summed E-state index contributed by atoms with van der Waals surface area (Å²) in [4.78, 5) is 42.9. The monoisotopic (exact) mass is 515 g/mol. The Bertz CT molecular complexity index is 1380. The number of aliphatic hydroxyl groups excluding tert-OH is 1. The van der Waals surface area contributed by atoms with Gasteiger partial charge >= 0.3 is 0 Å². The van der Waals surface area contributed by atoms with Crippen LogP contribution in [0.1, 0.15) is 19.8 Å². The molecule has 3 aromatic rings. The first-order chi connectivity index (χ1) is 17.9. The van der Waals surface area contributed by atoms with E-state index in [-0.39, 0.29) is 29.6 Å². The van der Waals surface area contributed by atoms with Crippen molar-refractivity contribution >= 4 is 51.6 Å². The summed E-state index contributed by atoms with van der Waals surface area (Å²) in [5, 5.41) is 18.1. The quantitative estimate of drug-likeness (QED) is 0.463. The number of carbonyl (C=O) groups is 3. The number of nitrogens with zero attached hydrogens (tertiary/aromatic N) is 1. The molecule has 2 bridgehead atoms. The summed E-state index contributed by atoms with van der Waals surface area (Å²) in [6.07, 6.45) is 1.45. The molecule has 3 saturated heterocycles. The molecule has 0 saturated carbocycles. The number of anilines is 2. The minimum atomic E-state index is -0.775. The molecule has 3 amide bonds. The average molecular weight is 516 g/mol. The number of rotatable bonds is 6. The van der Waals surface area contributed by atoms with E-state index in [4.69, 9.17) is 0 Å². The van der Waals surface area contributed by atoms with E-state index in [1.165, 1.54) is 0 Å². The minimum absolute atomic E-state index is 0.0276. The first-order valence-corrected chi connectivity index (χ1v) is 13.6. The van der Waals surface area contributed by atoms with Crippen molar-refractivity contribution in [3.8, 4) is 0 Å². The molecule has 2 unspecified atom stereocenters. The molecule has 7 nitrogen and oxygen atoms in total. The number of carbonyl (C=O) groups excluding carboxylic acids is 3. The highest BCUT2D eigenvalue weighted by molar-refractivity contribution is 8.02. The molecule has 3 heterocycles. The molecule has 1 spiro atoms. The van der Waals surface area contributed by atoms with Gasteiger partial charge in [0.2, 0.25) is 17.7 Å². The largest absolute Gasteiger partial charge is 0.394 e. The zero-order valence-corrected chi connectivity index (χ0v) is 21.3. The Hall–Kier alpha value is -3.36. The second kappa shape index (κ2) is 9.19. The number of likely N-dealkylation sites (tertiary alicyclic amines) is 1. The van der Waals surface area contributed by atoms with Crippen LogP contribution in [0.4, 0.5) is 11.4 Å². The highest BCUT2D eigenvalue weighted by Crippen LogP contribution is 2.66. The molecule has 6 atom stereocenters. The molecule has 3 aromatic carbocycles. The van der Waals surface area contributed by atoms with E-state index in [0.717, 1.165) is 17.2 Å². The Labute approximate surface area is 219 Å². The number of benzene rings is 3. The normalized spacial score (nSPS) is 28.8. The van der Waals surface area contributed by atoms with Gasteiger partial charge in [0.25, 0.3) is 0 Å². The molecule has 3 N–H and O–H groups in total. The lowest BCUT2D eigenvalue weighted by molar-refractivity contribution is -0.140. The fourth-order valence-corrected chi connectivity index (χ4v) is 8.68. The number of fused-ring (bicyclic) bond motifs is 2. The van der Waals surface area contributed by atoms with Gasteiger partial charge in [-0.2, -0.15) is 0 Å². The van der Waals surface area contributed by atoms with Crippen molar-refractivity contribution in [1.29, 1.82) is 0 Å². The molecular formula is C29H29N3O4S. The number of nitrogens with one attached hydrogen (secondary N) is 2. The topological polar surface area (TPSA) is 98.7 Å². The average Bonchev–Trinajstić information content (AvgIpc) is 3.56. The third-order valence-electron chi connectivity index (χ3n) is 8.09. The number of aliphatic hydroxyl groups is 1. The fraction of sp³-hybridized carbons (Fsp3) is 0.345. The third kappa shape index (κ3) is 3.81. The van der Waals surface area contributed by atoms with Gasteiger partial charge in [0, 0.05) is 16.6 Å². The first-order valence-electron chi connectivity index (χ1n) is 12.7. The molecule has 3 fully saturated rings. The number of hydrogen-bond acceptors (Lipinski definition) is 5. The lowest BCUT2D eigenvalue weighted by Crippen LogP contribution is -2.54. The molecule has 0 aromatic heterocycles. The van der Waals surface area contributed by atoms with Crippen LogP contribution < -0.4 is 10.6 Å². The molecule has 3 aliphatic rings. The van der Waals surface area contributed by atoms with Crippen LogP contribution in [0.15, 0.2) is 72.8 Å². The molecule has 0 aliphatic carbocycles. The number of para-hydroxylation sites is 1. The highest BCUT2D eigenvalue weighted by Gasteiger charge is 2.74. The van der Waals surface area contributed by atoms with Crippen LogP contribution in [0.5, 0.6) is 0 Å². The van der Waals surface area contributed by atoms with E-state index in [1.807, 2.05) is 72.8 Å². The Kier molecular flexibility index (Phi) is 5.96. The van der Waals surface area contributed by atoms with E-state index in [2.05, 4.69) is 10.6 Å². The summed E-state index contributed by atoms with van der Waals surface area (Å²) in [7, 11) is 0. The SMILES string of the molecule is C[C@H](CO)N1C(=O)[C@@H]2[C@@H](C(=O)Nc3ccccc3)[C@H]3CCC2(S3)C1C(=O)Nc1ccc2ccccc2c1. The number of thioether (sulfide) groups is 1. The van der Waals surface area contributed by atoms with E-state index >= 15 is 0 Å². The van der Waals surface area contributed by atoms with Crippen LogP contribution >= 0.6 is 11.8 Å². The Morgan fingerprint density at radius 3 is 2.46 bits per heavy atom. The van der Waals surface area contributed by atoms with Crippen LogP contribution in [0.2, 0.25) is 0 Å². The second-order valence-corrected chi connectivity index (χ2v) is 11.8. The second-order valence-electron chi connectivity index (χ2n) is 10.2. The molecular weight excluding hydrogens is 486 g/mol. The van der Waals surface area contributed by atoms with Gasteiger partial charge in [0.15, 0.2) is 0 Å². The van der Waals surface area contributed by atoms with Crippen LogP contribution in [0.25, 0.3) is 10.8 Å². The molecule has 0 radical (unpaired) electrons. The van der Waals surface area contributed by atoms with Crippen LogP contribution in [-0.4, -0.2) is 56.4 Å². The molecule has 3 aliphatic heterocycles. The van der Waals surface area contributed by atoms with Crippen LogP contribution in [0.3, 0.4) is 0 Å². The maximum atomic E-state index is 13.9.